The van der Waals surface area contributed by atoms with Crippen LogP contribution < -0.4 is 10.6 Å². The lowest BCUT2D eigenvalue weighted by Gasteiger charge is -2.24. The second kappa shape index (κ2) is 11.6. The van der Waals surface area contributed by atoms with Crippen LogP contribution in [0.15, 0.2) is 30.3 Å². The first-order chi connectivity index (χ1) is 12.7. The number of thiol groups is 1. The Morgan fingerprint density at radius 3 is 2.15 bits per heavy atom. The van der Waals surface area contributed by atoms with Crippen molar-refractivity contribution in [3.8, 4) is 0 Å². The first kappa shape index (κ1) is 23.0. The summed E-state index contributed by atoms with van der Waals surface area (Å²) in [5.74, 6) is -1.75. The lowest BCUT2D eigenvalue weighted by Crippen LogP contribution is -2.53. The first-order valence-electron chi connectivity index (χ1n) is 9.30. The highest BCUT2D eigenvalue weighted by Gasteiger charge is 2.28. The maximum atomic E-state index is 12.7. The van der Waals surface area contributed by atoms with Crippen molar-refractivity contribution in [2.45, 2.75) is 63.8 Å². The van der Waals surface area contributed by atoms with E-state index in [0.717, 1.165) is 12.0 Å². The quantitative estimate of drug-likeness (QED) is 0.434. The normalized spacial score (nSPS) is 14.3. The minimum absolute atomic E-state index is 0.156. The van der Waals surface area contributed by atoms with Gasteiger partial charge in [0.2, 0.25) is 11.8 Å². The Morgan fingerprint density at radius 2 is 1.63 bits per heavy atom. The molecule has 7 heteroatoms. The number of hydrogen-bond acceptors (Lipinski definition) is 4. The van der Waals surface area contributed by atoms with Crippen molar-refractivity contribution < 1.29 is 19.5 Å². The zero-order chi connectivity index (χ0) is 20.4. The molecule has 0 saturated heterocycles. The van der Waals surface area contributed by atoms with Gasteiger partial charge in [0.15, 0.2) is 0 Å². The maximum absolute atomic E-state index is 12.7. The number of carboxylic acid groups (broad SMARTS) is 1. The van der Waals surface area contributed by atoms with Crippen LogP contribution in [0.1, 0.15) is 45.6 Å². The molecular weight excluding hydrogens is 364 g/mol. The molecule has 1 aromatic rings. The van der Waals surface area contributed by atoms with Crippen molar-refractivity contribution in [3.63, 3.8) is 0 Å². The van der Waals surface area contributed by atoms with E-state index in [9.17, 15) is 19.5 Å². The summed E-state index contributed by atoms with van der Waals surface area (Å²) in [7, 11) is 0. The van der Waals surface area contributed by atoms with Crippen molar-refractivity contribution in [2.75, 3.05) is 0 Å². The monoisotopic (exact) mass is 394 g/mol. The Morgan fingerprint density at radius 1 is 1.04 bits per heavy atom. The molecule has 0 heterocycles. The molecule has 3 N–H and O–H groups in total. The van der Waals surface area contributed by atoms with Gasteiger partial charge in [-0.25, -0.2) is 4.79 Å². The molecule has 1 aromatic carbocycles. The van der Waals surface area contributed by atoms with Gasteiger partial charge in [0.05, 0.1) is 5.25 Å². The topological polar surface area (TPSA) is 95.5 Å². The van der Waals surface area contributed by atoms with Gasteiger partial charge < -0.3 is 15.7 Å². The third-order valence-corrected chi connectivity index (χ3v) is 4.59. The number of nitrogens with one attached hydrogen (secondary N) is 2. The van der Waals surface area contributed by atoms with Crippen molar-refractivity contribution in [1.29, 1.82) is 0 Å². The zero-order valence-corrected chi connectivity index (χ0v) is 17.0. The molecule has 2 unspecified atom stereocenters. The Labute approximate surface area is 166 Å². The van der Waals surface area contributed by atoms with Crippen LogP contribution in [0.3, 0.4) is 0 Å². The fraction of sp³-hybridized carbons (Fsp3) is 0.550. The maximum Gasteiger partial charge on any atom is 0.326 e. The number of benzene rings is 1. The SMILES string of the molecule is CCCC(S)C(=O)NC(CC(C)C)C(=O)N[C@@H](Cc1ccccc1)C(=O)O. The predicted octanol–water partition coefficient (Wildman–Crippen LogP) is 2.43. The lowest BCUT2D eigenvalue weighted by atomic mass is 10.0. The predicted molar refractivity (Wildman–Crippen MR) is 109 cm³/mol. The van der Waals surface area contributed by atoms with E-state index in [2.05, 4.69) is 23.3 Å². The van der Waals surface area contributed by atoms with E-state index < -0.39 is 29.2 Å². The summed E-state index contributed by atoms with van der Waals surface area (Å²) >= 11 is 4.27. The van der Waals surface area contributed by atoms with Crippen molar-refractivity contribution in [1.82, 2.24) is 10.6 Å². The van der Waals surface area contributed by atoms with Crippen molar-refractivity contribution >= 4 is 30.4 Å². The summed E-state index contributed by atoms with van der Waals surface area (Å²) in [5.41, 5.74) is 0.813. The number of amides is 2. The van der Waals surface area contributed by atoms with Crippen LogP contribution in [0.2, 0.25) is 0 Å². The molecule has 1 rings (SSSR count). The molecule has 0 spiro atoms. The molecule has 0 aliphatic rings. The number of hydrogen-bond donors (Lipinski definition) is 4. The number of rotatable bonds is 11. The zero-order valence-electron chi connectivity index (χ0n) is 16.1. The standard InChI is InChI=1S/C20H30N2O4S/c1-4-8-17(27)19(24)21-15(11-13(2)3)18(23)22-16(20(25)26)12-14-9-6-5-7-10-14/h5-7,9-10,13,15-17,27H,4,8,11-12H2,1-3H3,(H,21,24)(H,22,23)(H,25,26)/t15?,16-,17?/m0/s1. The van der Waals surface area contributed by atoms with Crippen molar-refractivity contribution in [2.24, 2.45) is 5.92 Å². The summed E-state index contributed by atoms with van der Waals surface area (Å²) < 4.78 is 0. The van der Waals surface area contributed by atoms with Gasteiger partial charge in [-0.1, -0.05) is 57.5 Å². The fourth-order valence-electron chi connectivity index (χ4n) is 2.70. The van der Waals surface area contributed by atoms with Gasteiger partial charge in [0.25, 0.3) is 0 Å². The van der Waals surface area contributed by atoms with E-state index in [1.54, 1.807) is 0 Å². The van der Waals surface area contributed by atoms with Gasteiger partial charge >= 0.3 is 5.97 Å². The summed E-state index contributed by atoms with van der Waals surface area (Å²) in [6, 6.07) is 7.25. The summed E-state index contributed by atoms with van der Waals surface area (Å²) in [4.78, 5) is 36.5. The van der Waals surface area contributed by atoms with E-state index in [-0.39, 0.29) is 18.2 Å². The summed E-state index contributed by atoms with van der Waals surface area (Å²) in [6.07, 6.45) is 2.01. The second-order valence-electron chi connectivity index (χ2n) is 7.08. The molecule has 0 bridgehead atoms. The number of carbonyl (C=O) groups is 3. The molecule has 150 valence electrons. The third-order valence-electron chi connectivity index (χ3n) is 4.10. The molecular formula is C20H30N2O4S. The van der Waals surface area contributed by atoms with Crippen LogP contribution in [-0.4, -0.2) is 40.2 Å². The molecule has 27 heavy (non-hydrogen) atoms. The van der Waals surface area contributed by atoms with Gasteiger partial charge in [-0.2, -0.15) is 12.6 Å². The minimum atomic E-state index is -1.11. The van der Waals surface area contributed by atoms with Crippen LogP contribution >= 0.6 is 12.6 Å². The number of carboxylic acids is 1. The highest BCUT2D eigenvalue weighted by molar-refractivity contribution is 7.81. The largest absolute Gasteiger partial charge is 0.480 e. The molecule has 0 aliphatic carbocycles. The molecule has 0 radical (unpaired) electrons. The van der Waals surface area contributed by atoms with E-state index in [1.165, 1.54) is 0 Å². The van der Waals surface area contributed by atoms with Gasteiger partial charge in [-0.05, 0) is 24.3 Å². The summed E-state index contributed by atoms with van der Waals surface area (Å²) in [6.45, 7) is 5.83. The number of carbonyl (C=O) groups excluding carboxylic acids is 2. The highest BCUT2D eigenvalue weighted by atomic mass is 32.1. The fourth-order valence-corrected chi connectivity index (χ4v) is 3.03. The smallest absolute Gasteiger partial charge is 0.326 e. The van der Waals surface area contributed by atoms with Gasteiger partial charge in [0, 0.05) is 6.42 Å². The number of aliphatic carboxylic acids is 1. The van der Waals surface area contributed by atoms with Crippen LogP contribution in [-0.2, 0) is 20.8 Å². The van der Waals surface area contributed by atoms with Gasteiger partial charge in [-0.3, -0.25) is 9.59 Å². The molecule has 3 atom stereocenters. The lowest BCUT2D eigenvalue weighted by molar-refractivity contribution is -0.142. The molecule has 0 saturated carbocycles. The van der Waals surface area contributed by atoms with Crippen LogP contribution in [0.5, 0.6) is 0 Å². The summed E-state index contributed by atoms with van der Waals surface area (Å²) in [5, 5.41) is 14.3. The van der Waals surface area contributed by atoms with Gasteiger partial charge in [0.1, 0.15) is 12.1 Å². The second-order valence-corrected chi connectivity index (χ2v) is 7.71. The average Bonchev–Trinajstić information content (AvgIpc) is 2.61. The van der Waals surface area contributed by atoms with E-state index in [4.69, 9.17) is 0 Å². The van der Waals surface area contributed by atoms with Crippen molar-refractivity contribution in [3.05, 3.63) is 35.9 Å². The van der Waals surface area contributed by atoms with Crippen LogP contribution in [0, 0.1) is 5.92 Å². The molecule has 6 nitrogen and oxygen atoms in total. The van der Waals surface area contributed by atoms with E-state index >= 15 is 0 Å². The molecule has 0 fully saturated rings. The Balaban J connectivity index is 2.82. The minimum Gasteiger partial charge on any atom is -0.480 e. The van der Waals surface area contributed by atoms with E-state index in [1.807, 2.05) is 51.1 Å². The first-order valence-corrected chi connectivity index (χ1v) is 9.81. The third kappa shape index (κ3) is 8.47. The van der Waals surface area contributed by atoms with Gasteiger partial charge in [-0.15, -0.1) is 0 Å². The molecule has 0 aromatic heterocycles. The Kier molecular flexibility index (Phi) is 9.93. The molecule has 0 aliphatic heterocycles. The Hall–Kier alpha value is -2.02. The Bertz CT molecular complexity index is 622. The van der Waals surface area contributed by atoms with Crippen LogP contribution in [0.25, 0.3) is 0 Å². The molecule has 2 amide bonds. The van der Waals surface area contributed by atoms with Crippen LogP contribution in [0.4, 0.5) is 0 Å². The average molecular weight is 395 g/mol. The van der Waals surface area contributed by atoms with E-state index in [0.29, 0.717) is 12.8 Å². The highest BCUT2D eigenvalue weighted by Crippen LogP contribution is 2.10.